The molecular formula is C15H18N6. The van der Waals surface area contributed by atoms with Crippen LogP contribution < -0.4 is 5.32 Å². The highest BCUT2D eigenvalue weighted by atomic mass is 15.3. The first-order chi connectivity index (χ1) is 10.3. The monoisotopic (exact) mass is 282 g/mol. The molecule has 3 aromatic rings. The van der Waals surface area contributed by atoms with Crippen LogP contribution in [0.15, 0.2) is 42.9 Å². The van der Waals surface area contributed by atoms with Gasteiger partial charge in [0.25, 0.3) is 0 Å². The molecule has 0 amide bonds. The fourth-order valence-electron chi connectivity index (χ4n) is 2.29. The number of nitrogens with zero attached hydrogens (tertiary/aromatic N) is 5. The number of hydrogen-bond acceptors (Lipinski definition) is 4. The van der Waals surface area contributed by atoms with E-state index in [1.54, 1.807) is 12.5 Å². The summed E-state index contributed by atoms with van der Waals surface area (Å²) >= 11 is 0. The molecule has 1 aromatic carbocycles. The van der Waals surface area contributed by atoms with Gasteiger partial charge in [-0.2, -0.15) is 10.2 Å². The van der Waals surface area contributed by atoms with Crippen molar-refractivity contribution < 1.29 is 0 Å². The van der Waals surface area contributed by atoms with Gasteiger partial charge in [0.15, 0.2) is 0 Å². The van der Waals surface area contributed by atoms with Gasteiger partial charge in [-0.05, 0) is 32.0 Å². The highest BCUT2D eigenvalue weighted by Gasteiger charge is 2.08. The van der Waals surface area contributed by atoms with Crippen molar-refractivity contribution in [3.05, 3.63) is 54.4 Å². The minimum absolute atomic E-state index is 0.630. The summed E-state index contributed by atoms with van der Waals surface area (Å²) in [6.45, 7) is 5.54. The molecule has 1 N–H and O–H groups in total. The van der Waals surface area contributed by atoms with E-state index >= 15 is 0 Å². The van der Waals surface area contributed by atoms with E-state index in [4.69, 9.17) is 0 Å². The molecule has 0 aliphatic carbocycles. The minimum atomic E-state index is 0.630. The Morgan fingerprint density at radius 2 is 2.00 bits per heavy atom. The molecule has 6 heteroatoms. The Hall–Kier alpha value is -2.63. The number of benzene rings is 1. The molecule has 0 unspecified atom stereocenters. The zero-order valence-corrected chi connectivity index (χ0v) is 12.2. The first-order valence-electron chi connectivity index (χ1n) is 7.00. The SMILES string of the molecule is CCn1ncnc1CNc1ccccc1-n1nccc1C. The molecule has 0 radical (unpaired) electrons. The second-order valence-electron chi connectivity index (χ2n) is 4.75. The summed E-state index contributed by atoms with van der Waals surface area (Å²) in [4.78, 5) is 4.28. The van der Waals surface area contributed by atoms with Crippen molar-refractivity contribution in [2.45, 2.75) is 26.9 Å². The minimum Gasteiger partial charge on any atom is -0.376 e. The van der Waals surface area contributed by atoms with Crippen LogP contribution in [0.3, 0.4) is 0 Å². The third-order valence-corrected chi connectivity index (χ3v) is 3.40. The van der Waals surface area contributed by atoms with E-state index in [0.717, 1.165) is 29.4 Å². The molecule has 0 fully saturated rings. The lowest BCUT2D eigenvalue weighted by molar-refractivity contribution is 0.622. The van der Waals surface area contributed by atoms with Crippen LogP contribution >= 0.6 is 0 Å². The standard InChI is InChI=1S/C15H18N6/c1-3-20-15(17-11-19-20)10-16-13-6-4-5-7-14(13)21-12(2)8-9-18-21/h4-9,11,16H,3,10H2,1-2H3. The maximum atomic E-state index is 4.37. The first kappa shape index (κ1) is 13.4. The molecule has 21 heavy (non-hydrogen) atoms. The van der Waals surface area contributed by atoms with Gasteiger partial charge in [-0.25, -0.2) is 14.3 Å². The highest BCUT2D eigenvalue weighted by molar-refractivity contribution is 5.61. The Balaban J connectivity index is 1.85. The lowest BCUT2D eigenvalue weighted by Gasteiger charge is -2.13. The Kier molecular flexibility index (Phi) is 3.68. The van der Waals surface area contributed by atoms with Crippen molar-refractivity contribution in [2.24, 2.45) is 0 Å². The van der Waals surface area contributed by atoms with Crippen LogP contribution in [0.2, 0.25) is 0 Å². The van der Waals surface area contributed by atoms with E-state index in [2.05, 4.69) is 27.4 Å². The number of nitrogens with one attached hydrogen (secondary N) is 1. The number of anilines is 1. The predicted octanol–water partition coefficient (Wildman–Crippen LogP) is 2.40. The lowest BCUT2D eigenvalue weighted by atomic mass is 10.2. The summed E-state index contributed by atoms with van der Waals surface area (Å²) in [5.74, 6) is 0.921. The molecule has 0 aliphatic heterocycles. The predicted molar refractivity (Wildman–Crippen MR) is 81.3 cm³/mol. The van der Waals surface area contributed by atoms with Gasteiger partial charge < -0.3 is 5.32 Å². The quantitative estimate of drug-likeness (QED) is 0.780. The molecule has 0 atom stereocenters. The maximum Gasteiger partial charge on any atom is 0.146 e. The fraction of sp³-hybridized carbons (Fsp3) is 0.267. The van der Waals surface area contributed by atoms with Gasteiger partial charge in [0.1, 0.15) is 12.2 Å². The number of aromatic nitrogens is 5. The topological polar surface area (TPSA) is 60.6 Å². The van der Waals surface area contributed by atoms with Gasteiger partial charge in [0.2, 0.25) is 0 Å². The van der Waals surface area contributed by atoms with E-state index in [-0.39, 0.29) is 0 Å². The molecule has 0 saturated carbocycles. The van der Waals surface area contributed by atoms with Crippen LogP contribution in [0.4, 0.5) is 5.69 Å². The van der Waals surface area contributed by atoms with Crippen LogP contribution in [0.1, 0.15) is 18.4 Å². The summed E-state index contributed by atoms with van der Waals surface area (Å²) in [7, 11) is 0. The van der Waals surface area contributed by atoms with E-state index in [1.165, 1.54) is 0 Å². The maximum absolute atomic E-state index is 4.37. The second-order valence-corrected chi connectivity index (χ2v) is 4.75. The summed E-state index contributed by atoms with van der Waals surface area (Å²) in [5, 5.41) is 12.0. The van der Waals surface area contributed by atoms with Gasteiger partial charge in [-0.3, -0.25) is 0 Å². The van der Waals surface area contributed by atoms with Crippen LogP contribution in [0.5, 0.6) is 0 Å². The molecular weight excluding hydrogens is 264 g/mol. The van der Waals surface area contributed by atoms with Gasteiger partial charge in [-0.1, -0.05) is 12.1 Å². The Morgan fingerprint density at radius 1 is 1.14 bits per heavy atom. The van der Waals surface area contributed by atoms with E-state index in [9.17, 15) is 0 Å². The normalized spacial score (nSPS) is 10.8. The van der Waals surface area contributed by atoms with E-state index in [0.29, 0.717) is 6.54 Å². The molecule has 0 spiro atoms. The second kappa shape index (κ2) is 5.78. The largest absolute Gasteiger partial charge is 0.376 e. The van der Waals surface area contributed by atoms with Crippen LogP contribution in [-0.4, -0.2) is 24.5 Å². The summed E-state index contributed by atoms with van der Waals surface area (Å²) in [6, 6.07) is 10.1. The highest BCUT2D eigenvalue weighted by Crippen LogP contribution is 2.21. The molecule has 0 saturated heterocycles. The molecule has 2 aromatic heterocycles. The fourth-order valence-corrected chi connectivity index (χ4v) is 2.29. The number of aryl methyl sites for hydroxylation is 2. The van der Waals surface area contributed by atoms with Gasteiger partial charge in [0, 0.05) is 18.4 Å². The molecule has 2 heterocycles. The smallest absolute Gasteiger partial charge is 0.146 e. The third-order valence-electron chi connectivity index (χ3n) is 3.40. The number of rotatable bonds is 5. The first-order valence-corrected chi connectivity index (χ1v) is 7.00. The van der Waals surface area contributed by atoms with Crippen LogP contribution in [0.25, 0.3) is 5.69 Å². The van der Waals surface area contributed by atoms with E-state index in [1.807, 2.05) is 46.6 Å². The van der Waals surface area contributed by atoms with Crippen molar-refractivity contribution in [1.29, 1.82) is 0 Å². The average molecular weight is 282 g/mol. The summed E-state index contributed by atoms with van der Waals surface area (Å²) in [6.07, 6.45) is 3.39. The lowest BCUT2D eigenvalue weighted by Crippen LogP contribution is -2.11. The molecule has 0 aliphatic rings. The zero-order valence-electron chi connectivity index (χ0n) is 12.2. The Labute approximate surface area is 123 Å². The van der Waals surface area contributed by atoms with Crippen molar-refractivity contribution >= 4 is 5.69 Å². The summed E-state index contributed by atoms with van der Waals surface area (Å²) in [5.41, 5.74) is 3.15. The van der Waals surface area contributed by atoms with Gasteiger partial charge >= 0.3 is 0 Å². The molecule has 108 valence electrons. The zero-order chi connectivity index (χ0) is 14.7. The van der Waals surface area contributed by atoms with Crippen LogP contribution in [0, 0.1) is 6.92 Å². The number of hydrogen-bond donors (Lipinski definition) is 1. The number of para-hydroxylation sites is 2. The Morgan fingerprint density at radius 3 is 2.76 bits per heavy atom. The average Bonchev–Trinajstić information content (AvgIpc) is 3.13. The van der Waals surface area contributed by atoms with Crippen molar-refractivity contribution in [1.82, 2.24) is 24.5 Å². The molecule has 3 rings (SSSR count). The van der Waals surface area contributed by atoms with E-state index < -0.39 is 0 Å². The van der Waals surface area contributed by atoms with Gasteiger partial charge in [0.05, 0.1) is 17.9 Å². The molecule has 6 nitrogen and oxygen atoms in total. The third kappa shape index (κ3) is 2.65. The Bertz CT molecular complexity index is 727. The van der Waals surface area contributed by atoms with Crippen molar-refractivity contribution in [3.8, 4) is 5.69 Å². The van der Waals surface area contributed by atoms with Crippen molar-refractivity contribution in [2.75, 3.05) is 5.32 Å². The van der Waals surface area contributed by atoms with Crippen molar-refractivity contribution in [3.63, 3.8) is 0 Å². The van der Waals surface area contributed by atoms with Crippen LogP contribution in [-0.2, 0) is 13.1 Å². The van der Waals surface area contributed by atoms with Gasteiger partial charge in [-0.15, -0.1) is 0 Å². The summed E-state index contributed by atoms with van der Waals surface area (Å²) < 4.78 is 3.81. The molecule has 0 bridgehead atoms.